The number of aryl methyl sites for hydroxylation is 1. The van der Waals surface area contributed by atoms with Crippen LogP contribution in [0.1, 0.15) is 38.7 Å². The number of allylic oxidation sites excluding steroid dienone is 1. The van der Waals surface area contributed by atoms with Gasteiger partial charge >= 0.3 is 5.97 Å². The van der Waals surface area contributed by atoms with Crippen LogP contribution in [-0.2, 0) is 6.61 Å². The maximum absolute atomic E-state index is 13.0. The quantitative estimate of drug-likeness (QED) is 0.157. The van der Waals surface area contributed by atoms with Gasteiger partial charge in [-0.1, -0.05) is 64.5 Å². The lowest BCUT2D eigenvalue weighted by Gasteiger charge is -2.27. The van der Waals surface area contributed by atoms with Crippen LogP contribution in [0.25, 0.3) is 11.0 Å². The summed E-state index contributed by atoms with van der Waals surface area (Å²) in [5, 5.41) is 10.8. The minimum atomic E-state index is -0.633. The number of carbonyl (C=O) groups excluding carboxylic acids is 1. The summed E-state index contributed by atoms with van der Waals surface area (Å²) in [6.45, 7) is 2.22. The second-order valence-corrected chi connectivity index (χ2v) is 10.5. The molecule has 2 N–H and O–H groups in total. The van der Waals surface area contributed by atoms with Gasteiger partial charge in [0.1, 0.15) is 41.1 Å². The minimum absolute atomic E-state index is 0.0113. The van der Waals surface area contributed by atoms with Crippen LogP contribution < -0.4 is 19.9 Å². The highest BCUT2D eigenvalue weighted by Crippen LogP contribution is 2.44. The first-order chi connectivity index (χ1) is 19.9. The lowest BCUT2D eigenvalue weighted by atomic mass is 9.83. The van der Waals surface area contributed by atoms with Crippen LogP contribution in [0.4, 0.5) is 0 Å². The van der Waals surface area contributed by atoms with E-state index in [1.54, 1.807) is 24.3 Å². The van der Waals surface area contributed by atoms with E-state index in [9.17, 15) is 10.1 Å². The highest BCUT2D eigenvalue weighted by atomic mass is 79.9. The Kier molecular flexibility index (Phi) is 6.96. The van der Waals surface area contributed by atoms with Crippen molar-refractivity contribution in [3.05, 3.63) is 135 Å². The van der Waals surface area contributed by atoms with Gasteiger partial charge in [-0.3, -0.25) is 0 Å². The molecule has 0 saturated heterocycles. The Hall–Kier alpha value is -5.00. The van der Waals surface area contributed by atoms with E-state index >= 15 is 0 Å². The van der Waals surface area contributed by atoms with Gasteiger partial charge in [-0.15, -0.1) is 0 Å². The van der Waals surface area contributed by atoms with Gasteiger partial charge in [-0.05, 0) is 54.4 Å². The van der Waals surface area contributed by atoms with Gasteiger partial charge in [0.15, 0.2) is 0 Å². The first kappa shape index (κ1) is 26.2. The summed E-state index contributed by atoms with van der Waals surface area (Å²) < 4.78 is 24.1. The van der Waals surface area contributed by atoms with E-state index in [0.717, 1.165) is 21.0 Å². The zero-order chi connectivity index (χ0) is 28.5. The maximum atomic E-state index is 13.0. The van der Waals surface area contributed by atoms with Gasteiger partial charge in [0.2, 0.25) is 11.6 Å². The molecule has 0 saturated carbocycles. The predicted molar refractivity (Wildman–Crippen MR) is 157 cm³/mol. The SMILES string of the molecule is Cc1c(C(=O)Oc2ccc3c(c2)OC(N)=C(C#N)C3c2cccc(OCc3ccccc3)c2)oc2cc(Br)ccc12. The van der Waals surface area contributed by atoms with Crippen molar-refractivity contribution in [2.75, 3.05) is 0 Å². The number of nitrogens with two attached hydrogens (primary N) is 1. The Balaban J connectivity index is 1.28. The molecule has 0 fully saturated rings. The predicted octanol–water partition coefficient (Wildman–Crippen LogP) is 7.52. The molecule has 1 unspecified atom stereocenters. The summed E-state index contributed by atoms with van der Waals surface area (Å²) in [7, 11) is 0. The van der Waals surface area contributed by atoms with E-state index in [4.69, 9.17) is 24.4 Å². The second kappa shape index (κ2) is 10.9. The molecule has 0 spiro atoms. The monoisotopic (exact) mass is 606 g/mol. The molecule has 41 heavy (non-hydrogen) atoms. The third-order valence-corrected chi connectivity index (χ3v) is 7.42. The Morgan fingerprint density at radius 2 is 1.83 bits per heavy atom. The Labute approximate surface area is 244 Å². The number of furan rings is 1. The van der Waals surface area contributed by atoms with E-state index in [1.165, 1.54) is 0 Å². The van der Waals surface area contributed by atoms with Crippen LogP contribution in [-0.4, -0.2) is 5.97 Å². The Morgan fingerprint density at radius 3 is 2.63 bits per heavy atom. The number of nitrogens with zero attached hydrogens (tertiary/aromatic N) is 1. The fourth-order valence-corrected chi connectivity index (χ4v) is 5.25. The largest absolute Gasteiger partial charge is 0.489 e. The van der Waals surface area contributed by atoms with E-state index < -0.39 is 11.9 Å². The fraction of sp³-hybridized carbons (Fsp3) is 0.0909. The molecule has 0 amide bonds. The highest BCUT2D eigenvalue weighted by Gasteiger charge is 2.31. The molecule has 1 aromatic heterocycles. The van der Waals surface area contributed by atoms with Crippen LogP contribution >= 0.6 is 15.9 Å². The van der Waals surface area contributed by atoms with Gasteiger partial charge < -0.3 is 24.4 Å². The van der Waals surface area contributed by atoms with Gasteiger partial charge in [0, 0.05) is 27.1 Å². The summed E-state index contributed by atoms with van der Waals surface area (Å²) >= 11 is 3.42. The van der Waals surface area contributed by atoms with Crippen molar-refractivity contribution in [1.29, 1.82) is 5.26 Å². The molecule has 5 aromatic rings. The number of esters is 1. The molecule has 1 aliphatic heterocycles. The molecular weight excluding hydrogens is 584 g/mol. The molecular formula is C33H23BrN2O5. The van der Waals surface area contributed by atoms with E-state index in [1.807, 2.05) is 73.7 Å². The van der Waals surface area contributed by atoms with Crippen molar-refractivity contribution in [3.63, 3.8) is 0 Å². The number of nitriles is 1. The molecule has 202 valence electrons. The van der Waals surface area contributed by atoms with Crippen LogP contribution in [0.5, 0.6) is 17.2 Å². The van der Waals surface area contributed by atoms with Crippen molar-refractivity contribution in [3.8, 4) is 23.3 Å². The molecule has 0 aliphatic carbocycles. The minimum Gasteiger partial charge on any atom is -0.489 e. The number of benzene rings is 4. The van der Waals surface area contributed by atoms with Gasteiger partial charge in [-0.25, -0.2) is 4.79 Å². The molecule has 1 aliphatic rings. The number of rotatable bonds is 6. The summed E-state index contributed by atoms with van der Waals surface area (Å²) in [6.07, 6.45) is 0. The van der Waals surface area contributed by atoms with Gasteiger partial charge in [-0.2, -0.15) is 5.26 Å². The number of ether oxygens (including phenoxy) is 3. The van der Waals surface area contributed by atoms with Crippen LogP contribution in [0, 0.1) is 18.3 Å². The summed E-state index contributed by atoms with van der Waals surface area (Å²) in [4.78, 5) is 13.0. The topological polar surface area (TPSA) is 108 Å². The van der Waals surface area contributed by atoms with Gasteiger partial charge in [0.25, 0.3) is 0 Å². The smallest absolute Gasteiger partial charge is 0.379 e. The number of hydrogen-bond donors (Lipinski definition) is 1. The third kappa shape index (κ3) is 5.15. The molecule has 6 rings (SSSR count). The molecule has 1 atom stereocenters. The zero-order valence-electron chi connectivity index (χ0n) is 21.9. The Morgan fingerprint density at radius 1 is 1.00 bits per heavy atom. The third-order valence-electron chi connectivity index (χ3n) is 6.93. The second-order valence-electron chi connectivity index (χ2n) is 9.56. The summed E-state index contributed by atoms with van der Waals surface area (Å²) in [6, 6.07) is 30.2. The molecule has 0 bridgehead atoms. The van der Waals surface area contributed by atoms with Crippen LogP contribution in [0.2, 0.25) is 0 Å². The summed E-state index contributed by atoms with van der Waals surface area (Å²) in [5.41, 5.74) is 10.3. The normalized spacial score (nSPS) is 14.2. The van der Waals surface area contributed by atoms with Crippen molar-refractivity contribution in [2.45, 2.75) is 19.4 Å². The van der Waals surface area contributed by atoms with E-state index in [2.05, 4.69) is 22.0 Å². The van der Waals surface area contributed by atoms with E-state index in [0.29, 0.717) is 34.8 Å². The first-order valence-corrected chi connectivity index (χ1v) is 13.6. The highest BCUT2D eigenvalue weighted by molar-refractivity contribution is 9.10. The van der Waals surface area contributed by atoms with Crippen LogP contribution in [0.15, 0.2) is 111 Å². The number of hydrogen-bond acceptors (Lipinski definition) is 7. The molecule has 4 aromatic carbocycles. The van der Waals surface area contributed by atoms with Crippen molar-refractivity contribution >= 4 is 32.9 Å². The first-order valence-electron chi connectivity index (χ1n) is 12.8. The zero-order valence-corrected chi connectivity index (χ0v) is 23.5. The lowest BCUT2D eigenvalue weighted by molar-refractivity contribution is 0.0702. The van der Waals surface area contributed by atoms with Crippen LogP contribution in [0.3, 0.4) is 0 Å². The summed E-state index contributed by atoms with van der Waals surface area (Å²) in [5.74, 6) is 0.278. The molecule has 8 heteroatoms. The van der Waals surface area contributed by atoms with Gasteiger partial charge in [0.05, 0.1) is 5.92 Å². The number of carbonyl (C=O) groups is 1. The standard InChI is InChI=1S/C33H23BrN2O5/c1-19-25-12-10-22(34)15-28(25)40-31(19)33(37)39-24-11-13-26-29(16-24)41-32(36)27(17-35)30(26)21-8-5-9-23(14-21)38-18-20-6-3-2-4-7-20/h2-16,30H,18,36H2,1H3. The fourth-order valence-electron chi connectivity index (χ4n) is 4.91. The molecule has 2 heterocycles. The maximum Gasteiger partial charge on any atom is 0.379 e. The average Bonchev–Trinajstić information content (AvgIpc) is 3.31. The Bertz CT molecular complexity index is 1870. The molecule has 0 radical (unpaired) electrons. The average molecular weight is 607 g/mol. The van der Waals surface area contributed by atoms with E-state index in [-0.39, 0.29) is 23.0 Å². The number of halogens is 1. The van der Waals surface area contributed by atoms with Crippen molar-refractivity contribution in [1.82, 2.24) is 0 Å². The van der Waals surface area contributed by atoms with Crippen molar-refractivity contribution in [2.24, 2.45) is 5.73 Å². The van der Waals surface area contributed by atoms with Crippen molar-refractivity contribution < 1.29 is 23.4 Å². The lowest BCUT2D eigenvalue weighted by Crippen LogP contribution is -2.21. The molecule has 7 nitrogen and oxygen atoms in total. The number of fused-ring (bicyclic) bond motifs is 2.